The van der Waals surface area contributed by atoms with Gasteiger partial charge in [-0.1, -0.05) is 6.07 Å². The minimum Gasteiger partial charge on any atom is -0.495 e. The van der Waals surface area contributed by atoms with Crippen LogP contribution in [-0.4, -0.2) is 25.5 Å². The second-order valence-corrected chi connectivity index (χ2v) is 9.31. The Bertz CT molecular complexity index is 723. The number of carbonyl (C=O) groups excluding carboxylic acids is 2. The predicted molar refractivity (Wildman–Crippen MR) is 109 cm³/mol. The number of ether oxygens (including phenoxy) is 1. The average Bonchev–Trinajstić information content (AvgIpc) is 2.64. The zero-order chi connectivity index (χ0) is 19.7. The number of hydrogen-bond donors (Lipinski definition) is 2. The molecular formula is C23H32N2O3. The molecule has 0 aromatic heterocycles. The van der Waals surface area contributed by atoms with Crippen LogP contribution in [0.3, 0.4) is 0 Å². The van der Waals surface area contributed by atoms with Gasteiger partial charge < -0.3 is 15.4 Å². The summed E-state index contributed by atoms with van der Waals surface area (Å²) in [5.74, 6) is 3.17. The van der Waals surface area contributed by atoms with Crippen LogP contribution in [0.2, 0.25) is 0 Å². The lowest BCUT2D eigenvalue weighted by Gasteiger charge is -2.55. The lowest BCUT2D eigenvalue weighted by Crippen LogP contribution is -2.53. The Morgan fingerprint density at radius 2 is 1.75 bits per heavy atom. The van der Waals surface area contributed by atoms with E-state index >= 15 is 0 Å². The van der Waals surface area contributed by atoms with Crippen molar-refractivity contribution in [2.45, 2.75) is 58.3 Å². The fourth-order valence-electron chi connectivity index (χ4n) is 6.16. The third-order valence-corrected chi connectivity index (χ3v) is 7.02. The summed E-state index contributed by atoms with van der Waals surface area (Å²) in [6.45, 7) is 2.55. The third kappa shape index (κ3) is 3.89. The van der Waals surface area contributed by atoms with Crippen molar-refractivity contribution < 1.29 is 14.3 Å². The van der Waals surface area contributed by atoms with Gasteiger partial charge in [-0.2, -0.15) is 0 Å². The lowest BCUT2D eigenvalue weighted by molar-refractivity contribution is -0.146. The molecule has 4 aliphatic rings. The van der Waals surface area contributed by atoms with E-state index in [0.717, 1.165) is 42.6 Å². The SMILES string of the molecule is COc1ccc(C)cc1NC(=O)CCCNC(=O)C12CC3CC(CC(C3)C1)C2. The molecule has 4 aliphatic carbocycles. The first-order chi connectivity index (χ1) is 13.5. The number of methoxy groups -OCH3 is 1. The van der Waals surface area contributed by atoms with Crippen LogP contribution in [0, 0.1) is 30.1 Å². The zero-order valence-corrected chi connectivity index (χ0v) is 17.1. The van der Waals surface area contributed by atoms with E-state index in [4.69, 9.17) is 4.74 Å². The minimum absolute atomic E-state index is 0.0482. The van der Waals surface area contributed by atoms with Crippen molar-refractivity contribution in [1.82, 2.24) is 5.32 Å². The number of carbonyl (C=O) groups is 2. The number of amides is 2. The van der Waals surface area contributed by atoms with Crippen LogP contribution in [0.4, 0.5) is 5.69 Å². The highest BCUT2D eigenvalue weighted by molar-refractivity contribution is 5.92. The van der Waals surface area contributed by atoms with Crippen molar-refractivity contribution >= 4 is 17.5 Å². The van der Waals surface area contributed by atoms with E-state index in [1.54, 1.807) is 7.11 Å². The van der Waals surface area contributed by atoms with Gasteiger partial charge in [-0.05, 0) is 87.3 Å². The molecule has 0 atom stereocenters. The second kappa shape index (κ2) is 7.76. The molecule has 1 aromatic rings. The lowest BCUT2D eigenvalue weighted by atomic mass is 9.49. The van der Waals surface area contributed by atoms with Crippen LogP contribution in [0.15, 0.2) is 18.2 Å². The Labute approximate surface area is 167 Å². The summed E-state index contributed by atoms with van der Waals surface area (Å²) in [5, 5.41) is 6.07. The van der Waals surface area contributed by atoms with E-state index in [9.17, 15) is 9.59 Å². The maximum absolute atomic E-state index is 12.9. The molecule has 4 saturated carbocycles. The standard InChI is InChI=1S/C23H32N2O3/c1-15-5-6-20(28-2)19(8-15)25-21(26)4-3-7-24-22(27)23-12-16-9-17(13-23)11-18(10-16)14-23/h5-6,8,16-18H,3-4,7,9-14H2,1-2H3,(H,24,27)(H,25,26). The van der Waals surface area contributed by atoms with Crippen LogP contribution in [0.25, 0.3) is 0 Å². The molecular weight excluding hydrogens is 352 g/mol. The predicted octanol–water partition coefficient (Wildman–Crippen LogP) is 4.05. The van der Waals surface area contributed by atoms with Gasteiger partial charge in [0.2, 0.25) is 11.8 Å². The molecule has 0 unspecified atom stereocenters. The fraction of sp³-hybridized carbons (Fsp3) is 0.652. The molecule has 0 spiro atoms. The van der Waals surface area contributed by atoms with Gasteiger partial charge in [-0.3, -0.25) is 9.59 Å². The normalized spacial score (nSPS) is 30.1. The zero-order valence-electron chi connectivity index (χ0n) is 17.1. The summed E-state index contributed by atoms with van der Waals surface area (Å²) in [7, 11) is 1.60. The van der Waals surface area contributed by atoms with Crippen LogP contribution >= 0.6 is 0 Å². The van der Waals surface area contributed by atoms with Gasteiger partial charge >= 0.3 is 0 Å². The quantitative estimate of drug-likeness (QED) is 0.697. The summed E-state index contributed by atoms with van der Waals surface area (Å²) >= 11 is 0. The van der Waals surface area contributed by atoms with Gasteiger partial charge in [0.15, 0.2) is 0 Å². The van der Waals surface area contributed by atoms with Crippen molar-refractivity contribution in [2.24, 2.45) is 23.2 Å². The van der Waals surface area contributed by atoms with Crippen LogP contribution in [0.5, 0.6) is 5.75 Å². The van der Waals surface area contributed by atoms with E-state index in [-0.39, 0.29) is 17.2 Å². The summed E-state index contributed by atoms with van der Waals surface area (Å²) in [5.41, 5.74) is 1.66. The number of benzene rings is 1. The Morgan fingerprint density at radius 1 is 1.11 bits per heavy atom. The molecule has 5 nitrogen and oxygen atoms in total. The maximum Gasteiger partial charge on any atom is 0.226 e. The summed E-state index contributed by atoms with van der Waals surface area (Å²) < 4.78 is 5.30. The van der Waals surface area contributed by atoms with Gasteiger partial charge in [0.25, 0.3) is 0 Å². The Hall–Kier alpha value is -2.04. The monoisotopic (exact) mass is 384 g/mol. The minimum atomic E-state index is -0.105. The first kappa shape index (κ1) is 19.3. The van der Waals surface area contributed by atoms with Crippen LogP contribution in [-0.2, 0) is 9.59 Å². The molecule has 2 amide bonds. The van der Waals surface area contributed by atoms with E-state index in [1.807, 2.05) is 25.1 Å². The Morgan fingerprint density at radius 3 is 2.36 bits per heavy atom. The topological polar surface area (TPSA) is 67.4 Å². The Kier molecular flexibility index (Phi) is 5.35. The van der Waals surface area contributed by atoms with Crippen molar-refractivity contribution in [3.8, 4) is 5.75 Å². The molecule has 152 valence electrons. The Balaban J connectivity index is 1.23. The number of aryl methyl sites for hydroxylation is 1. The molecule has 0 saturated heterocycles. The molecule has 5 heteroatoms. The highest BCUT2D eigenvalue weighted by Crippen LogP contribution is 2.60. The van der Waals surface area contributed by atoms with E-state index < -0.39 is 0 Å². The van der Waals surface area contributed by atoms with Gasteiger partial charge in [-0.15, -0.1) is 0 Å². The summed E-state index contributed by atoms with van der Waals surface area (Å²) in [6, 6.07) is 5.72. The number of nitrogens with one attached hydrogen (secondary N) is 2. The first-order valence-electron chi connectivity index (χ1n) is 10.7. The fourth-order valence-corrected chi connectivity index (χ4v) is 6.16. The van der Waals surface area contributed by atoms with Gasteiger partial charge in [0.05, 0.1) is 12.8 Å². The smallest absolute Gasteiger partial charge is 0.226 e. The largest absolute Gasteiger partial charge is 0.495 e. The number of anilines is 1. The third-order valence-electron chi connectivity index (χ3n) is 7.02. The van der Waals surface area contributed by atoms with Gasteiger partial charge in [0, 0.05) is 18.4 Å². The van der Waals surface area contributed by atoms with Gasteiger partial charge in [-0.25, -0.2) is 0 Å². The first-order valence-corrected chi connectivity index (χ1v) is 10.7. The van der Waals surface area contributed by atoms with Crippen LogP contribution < -0.4 is 15.4 Å². The molecule has 1 aromatic carbocycles. The molecule has 28 heavy (non-hydrogen) atoms. The average molecular weight is 385 g/mol. The molecule has 0 heterocycles. The molecule has 0 radical (unpaired) electrons. The van der Waals surface area contributed by atoms with Gasteiger partial charge in [0.1, 0.15) is 5.75 Å². The van der Waals surface area contributed by atoms with Crippen molar-refractivity contribution in [3.63, 3.8) is 0 Å². The maximum atomic E-state index is 12.9. The second-order valence-electron chi connectivity index (χ2n) is 9.31. The summed E-state index contributed by atoms with van der Waals surface area (Å²) in [4.78, 5) is 25.2. The van der Waals surface area contributed by atoms with E-state index in [0.29, 0.717) is 30.8 Å². The highest BCUT2D eigenvalue weighted by atomic mass is 16.5. The molecule has 0 aliphatic heterocycles. The van der Waals surface area contributed by atoms with Crippen molar-refractivity contribution in [1.29, 1.82) is 0 Å². The van der Waals surface area contributed by atoms with Crippen LogP contribution in [0.1, 0.15) is 56.9 Å². The molecule has 2 N–H and O–H groups in total. The molecule has 4 bridgehead atoms. The van der Waals surface area contributed by atoms with Crippen molar-refractivity contribution in [3.05, 3.63) is 23.8 Å². The highest BCUT2D eigenvalue weighted by Gasteiger charge is 2.54. The van der Waals surface area contributed by atoms with Crippen molar-refractivity contribution in [2.75, 3.05) is 19.0 Å². The number of rotatable bonds is 7. The molecule has 5 rings (SSSR count). The van der Waals surface area contributed by atoms with E-state index in [1.165, 1.54) is 19.3 Å². The summed E-state index contributed by atoms with van der Waals surface area (Å²) in [6.07, 6.45) is 8.31. The van der Waals surface area contributed by atoms with E-state index in [2.05, 4.69) is 10.6 Å². The molecule has 4 fully saturated rings. The number of hydrogen-bond acceptors (Lipinski definition) is 3.